The number of aliphatic hydroxyl groups is 1. The van der Waals surface area contributed by atoms with E-state index < -0.39 is 83.4 Å². The van der Waals surface area contributed by atoms with Gasteiger partial charge in [0.15, 0.2) is 29.2 Å². The monoisotopic (exact) mass is 1270 g/mol. The van der Waals surface area contributed by atoms with E-state index in [-0.39, 0.29) is 58.5 Å². The molecule has 0 spiro atoms. The normalized spacial score (nSPS) is 12.5. The van der Waals surface area contributed by atoms with Crippen LogP contribution >= 0.6 is 0 Å². The Morgan fingerprint density at radius 2 is 0.978 bits per heavy atom. The third kappa shape index (κ3) is 14.1. The van der Waals surface area contributed by atoms with Crippen LogP contribution < -0.4 is 46.0 Å². The summed E-state index contributed by atoms with van der Waals surface area (Å²) in [6.45, 7) is 4.57. The van der Waals surface area contributed by atoms with Gasteiger partial charge in [-0.2, -0.15) is 0 Å². The van der Waals surface area contributed by atoms with Crippen LogP contribution in [-0.2, 0) is 41.7 Å². The van der Waals surface area contributed by atoms with Crippen molar-refractivity contribution >= 4 is 62.9 Å². The molecule has 2 amide bonds. The van der Waals surface area contributed by atoms with Crippen molar-refractivity contribution in [3.63, 3.8) is 0 Å². The minimum absolute atomic E-state index is 0.0209. The number of ether oxygens (including phenoxy) is 7. The Kier molecular flexibility index (Phi) is 19.5. The average molecular weight is 1270 g/mol. The lowest BCUT2D eigenvalue weighted by Crippen LogP contribution is -2.47. The molecular weight excluding hydrogens is 1210 g/mol. The second-order valence-electron chi connectivity index (χ2n) is 21.2. The van der Waals surface area contributed by atoms with E-state index >= 15 is 8.78 Å². The molecule has 4 heterocycles. The number of benzene rings is 6. The van der Waals surface area contributed by atoms with Crippen LogP contribution in [0.1, 0.15) is 46.0 Å². The van der Waals surface area contributed by atoms with Gasteiger partial charge in [-0.15, -0.1) is 0 Å². The zero-order valence-corrected chi connectivity index (χ0v) is 51.0. The van der Waals surface area contributed by atoms with Gasteiger partial charge in [0, 0.05) is 58.8 Å². The Morgan fingerprint density at radius 1 is 0.548 bits per heavy atom. The van der Waals surface area contributed by atoms with Gasteiger partial charge in [0.1, 0.15) is 46.3 Å². The molecule has 0 unspecified atom stereocenters. The van der Waals surface area contributed by atoms with Gasteiger partial charge in [-0.1, -0.05) is 36.4 Å². The number of esters is 3. The molecule has 6 aromatic carbocycles. The van der Waals surface area contributed by atoms with Gasteiger partial charge in [-0.25, -0.2) is 27.7 Å². The predicted molar refractivity (Wildman–Crippen MR) is 336 cm³/mol. The number of pyridine rings is 2. The number of para-hydroxylation sites is 2. The minimum Gasteiger partial charge on any atom is -0.497 e. The summed E-state index contributed by atoms with van der Waals surface area (Å²) in [5.74, 6) is -6.06. The fourth-order valence-corrected chi connectivity index (χ4v) is 10.3. The highest BCUT2D eigenvalue weighted by molar-refractivity contribution is 6.06. The van der Waals surface area contributed by atoms with Crippen LogP contribution in [0.4, 0.5) is 20.2 Å². The second-order valence-corrected chi connectivity index (χ2v) is 21.2. The highest BCUT2D eigenvalue weighted by Gasteiger charge is 2.40. The molecule has 0 aliphatic heterocycles. The third-order valence-electron chi connectivity index (χ3n) is 14.7. The highest BCUT2D eigenvalue weighted by atomic mass is 19.1. The average Bonchev–Trinajstić information content (AvgIpc) is 1.65. The number of likely N-dealkylation sites (N-methyl/N-ethyl adjacent to an activating group) is 1. The van der Waals surface area contributed by atoms with E-state index in [2.05, 4.69) is 25.9 Å². The molecule has 0 saturated carbocycles. The number of fused-ring (bicyclic) bond motifs is 2. The number of amides is 2. The van der Waals surface area contributed by atoms with Crippen molar-refractivity contribution in [3.8, 4) is 45.9 Å². The van der Waals surface area contributed by atoms with E-state index in [1.165, 1.54) is 99.7 Å². The van der Waals surface area contributed by atoms with Gasteiger partial charge >= 0.3 is 17.9 Å². The molecule has 10 aromatic rings. The van der Waals surface area contributed by atoms with Crippen molar-refractivity contribution in [2.75, 3.05) is 38.4 Å². The maximum absolute atomic E-state index is 15.7. The summed E-state index contributed by atoms with van der Waals surface area (Å²) >= 11 is 0. The van der Waals surface area contributed by atoms with E-state index in [9.17, 15) is 38.7 Å². The van der Waals surface area contributed by atoms with Crippen molar-refractivity contribution in [2.45, 2.75) is 65.2 Å². The number of methoxy groups -OCH3 is 2. The van der Waals surface area contributed by atoms with Gasteiger partial charge in [0.05, 0.1) is 67.6 Å². The van der Waals surface area contributed by atoms with Gasteiger partial charge in [0.25, 0.3) is 22.9 Å². The van der Waals surface area contributed by atoms with E-state index in [0.717, 1.165) is 16.8 Å². The number of hydrogen-bond acceptors (Lipinski definition) is 18. The molecule has 26 heteroatoms. The lowest BCUT2D eigenvalue weighted by molar-refractivity contribution is -0.187. The molecule has 4 atom stereocenters. The molecule has 0 radical (unpaired) electrons. The number of rotatable bonds is 24. The van der Waals surface area contributed by atoms with Crippen LogP contribution in [0.15, 0.2) is 168 Å². The molecule has 93 heavy (non-hydrogen) atoms. The van der Waals surface area contributed by atoms with Crippen LogP contribution in [0.25, 0.3) is 33.2 Å². The zero-order chi connectivity index (χ0) is 66.2. The lowest BCUT2D eigenvalue weighted by Gasteiger charge is -2.25. The number of anilines is 2. The number of nitrogens with one attached hydrogen (secondary N) is 3. The van der Waals surface area contributed by atoms with Gasteiger partial charge in [0.2, 0.25) is 6.10 Å². The summed E-state index contributed by atoms with van der Waals surface area (Å²) in [7, 11) is 4.44. The van der Waals surface area contributed by atoms with Crippen molar-refractivity contribution in [1.29, 1.82) is 0 Å². The van der Waals surface area contributed by atoms with Crippen molar-refractivity contribution in [2.24, 2.45) is 0 Å². The first-order valence-electron chi connectivity index (χ1n) is 28.9. The van der Waals surface area contributed by atoms with Crippen molar-refractivity contribution in [3.05, 3.63) is 213 Å². The zero-order valence-electron chi connectivity index (χ0n) is 51.0. The summed E-state index contributed by atoms with van der Waals surface area (Å²) in [5.41, 5.74) is -0.531. The molecule has 4 aromatic heterocycles. The summed E-state index contributed by atoms with van der Waals surface area (Å²) in [6.07, 6.45) is -4.35. The van der Waals surface area contributed by atoms with Gasteiger partial charge < -0.3 is 54.2 Å². The number of halogens is 2. The number of nitrogens with zero attached hydrogens (tertiary/aromatic N) is 6. The Bertz CT molecular complexity index is 4610. The standard InChI is InChI=1S/C67H61F2N9O15/c1-37(35-75-39(3)58(64(83)77(75)43-14-10-8-11-15-43)62(81)73-41-18-24-55(49(68)30-41)91-53-26-28-71-51-32-45(87-6)20-22-47(51)53)89-66(85)60(80)61(93-57(79)34-70-5)67(86)90-38(2)36-76-40(4)59(65(84)78(76)44-16-12-9-13-17-44)63(82)74-42-19-25-56(50(69)31-42)92-54-27-29-72-52-33-46(88-7)21-23-48(52)54/h8-33,37-38,60-61,70,80H,34-36H2,1-7H3,(H,73,81)(H,74,82)/t37-,38-,60-,61-/m1/s1. The Labute approximate surface area is 528 Å². The summed E-state index contributed by atoms with van der Waals surface area (Å²) < 4.78 is 75.6. The van der Waals surface area contributed by atoms with Crippen LogP contribution in [0.3, 0.4) is 0 Å². The smallest absolute Gasteiger partial charge is 0.351 e. The summed E-state index contributed by atoms with van der Waals surface area (Å²) in [6, 6.07) is 37.2. The van der Waals surface area contributed by atoms with E-state index in [0.29, 0.717) is 56.2 Å². The first-order valence-corrected chi connectivity index (χ1v) is 28.9. The van der Waals surface area contributed by atoms with Crippen molar-refractivity contribution < 1.29 is 71.0 Å². The second kappa shape index (κ2) is 28.1. The van der Waals surface area contributed by atoms with Crippen LogP contribution in [0.5, 0.6) is 34.5 Å². The van der Waals surface area contributed by atoms with E-state index in [4.69, 9.17) is 33.2 Å². The molecule has 0 saturated heterocycles. The number of aromatic nitrogens is 6. The third-order valence-corrected chi connectivity index (χ3v) is 14.7. The Morgan fingerprint density at radius 3 is 1.39 bits per heavy atom. The number of hydrogen-bond donors (Lipinski definition) is 4. The maximum atomic E-state index is 15.7. The number of carbonyl (C=O) groups excluding carboxylic acids is 5. The summed E-state index contributed by atoms with van der Waals surface area (Å²) in [5, 5.41) is 20.4. The topological polar surface area (TPSA) is 286 Å². The molecular formula is C67H61F2N9O15. The maximum Gasteiger partial charge on any atom is 0.351 e. The number of carbonyl (C=O) groups is 5. The highest BCUT2D eigenvalue weighted by Crippen LogP contribution is 2.35. The molecule has 0 aliphatic carbocycles. The summed E-state index contributed by atoms with van der Waals surface area (Å²) in [4.78, 5) is 107. The Balaban J connectivity index is 0.833. The predicted octanol–water partition coefficient (Wildman–Crippen LogP) is 8.74. The van der Waals surface area contributed by atoms with Gasteiger partial charge in [-0.3, -0.25) is 43.3 Å². The molecule has 0 bridgehead atoms. The lowest BCUT2D eigenvalue weighted by atomic mass is 10.2. The van der Waals surface area contributed by atoms with E-state index in [1.807, 2.05) is 0 Å². The molecule has 478 valence electrons. The van der Waals surface area contributed by atoms with Crippen molar-refractivity contribution in [1.82, 2.24) is 34.0 Å². The largest absolute Gasteiger partial charge is 0.497 e. The minimum atomic E-state index is -2.52. The molecule has 10 rings (SSSR count). The molecule has 0 fully saturated rings. The SMILES string of the molecule is CNCC(=O)O[C@@H](C(=O)O[C@H](C)Cn1c(C)c(C(=O)Nc2ccc(Oc3ccnc4cc(OC)ccc34)c(F)c2)c(=O)n1-c1ccccc1)[C@@H](O)C(=O)O[C@H](C)Cn1c(C)c(C(=O)Nc2ccc(Oc3ccnc4cc(OC)ccc34)c(F)c2)c(=O)n1-c1ccccc1. The quantitative estimate of drug-likeness (QED) is 0.0325. The van der Waals surface area contributed by atoms with Crippen LogP contribution in [0.2, 0.25) is 0 Å². The fraction of sp³-hybridized carbons (Fsp3) is 0.209. The first kappa shape index (κ1) is 64.5. The number of aliphatic hydroxyl groups excluding tert-OH is 1. The Hall–Kier alpha value is -11.5. The van der Waals surface area contributed by atoms with Crippen LogP contribution in [-0.4, -0.2) is 116 Å². The van der Waals surface area contributed by atoms with Gasteiger partial charge in [-0.05, 0) is 120 Å². The van der Waals surface area contributed by atoms with E-state index in [1.54, 1.807) is 109 Å². The molecule has 4 N–H and O–H groups in total. The molecule has 0 aliphatic rings. The fourth-order valence-electron chi connectivity index (χ4n) is 10.3. The first-order chi connectivity index (χ1) is 44.7. The molecule has 24 nitrogen and oxygen atoms in total. The van der Waals surface area contributed by atoms with Crippen LogP contribution in [0, 0.1) is 25.5 Å².